The lowest BCUT2D eigenvalue weighted by Crippen LogP contribution is -2.34. The minimum atomic E-state index is 0.689. The van der Waals surface area contributed by atoms with Crippen molar-refractivity contribution in [1.82, 2.24) is 9.80 Å². The Morgan fingerprint density at radius 2 is 2.25 bits per heavy atom. The van der Waals surface area contributed by atoms with Crippen LogP contribution in [-0.2, 0) is 0 Å². The second-order valence-electron chi connectivity index (χ2n) is 5.53. The SMILES string of the molecule is CCCC(CN)CN(C)CC1CCN(C)C1. The summed E-state index contributed by atoms with van der Waals surface area (Å²) < 4.78 is 0. The number of nitrogens with two attached hydrogens (primary N) is 1. The van der Waals surface area contributed by atoms with E-state index in [1.807, 2.05) is 0 Å². The maximum atomic E-state index is 5.80. The Labute approximate surface area is 101 Å². The summed E-state index contributed by atoms with van der Waals surface area (Å²) in [5.41, 5.74) is 5.80. The Morgan fingerprint density at radius 3 is 2.75 bits per heavy atom. The zero-order chi connectivity index (χ0) is 12.0. The molecule has 1 fully saturated rings. The predicted molar refractivity (Wildman–Crippen MR) is 70.6 cm³/mol. The van der Waals surface area contributed by atoms with Crippen molar-refractivity contribution in [2.45, 2.75) is 26.2 Å². The molecule has 1 rings (SSSR count). The molecule has 3 nitrogen and oxygen atoms in total. The molecule has 0 aromatic carbocycles. The highest BCUT2D eigenvalue weighted by Gasteiger charge is 2.21. The van der Waals surface area contributed by atoms with Gasteiger partial charge >= 0.3 is 0 Å². The van der Waals surface area contributed by atoms with Crippen LogP contribution in [0.25, 0.3) is 0 Å². The monoisotopic (exact) mass is 227 g/mol. The zero-order valence-electron chi connectivity index (χ0n) is 11.3. The highest BCUT2D eigenvalue weighted by molar-refractivity contribution is 4.76. The first kappa shape index (κ1) is 13.9. The van der Waals surface area contributed by atoms with Crippen LogP contribution in [-0.4, -0.2) is 56.6 Å². The topological polar surface area (TPSA) is 32.5 Å². The molecule has 0 amide bonds. The molecule has 0 radical (unpaired) electrons. The van der Waals surface area contributed by atoms with Gasteiger partial charge in [-0.1, -0.05) is 13.3 Å². The van der Waals surface area contributed by atoms with Gasteiger partial charge in [-0.25, -0.2) is 0 Å². The van der Waals surface area contributed by atoms with Crippen molar-refractivity contribution in [3.63, 3.8) is 0 Å². The van der Waals surface area contributed by atoms with E-state index in [0.29, 0.717) is 5.92 Å². The van der Waals surface area contributed by atoms with Crippen LogP contribution >= 0.6 is 0 Å². The van der Waals surface area contributed by atoms with Crippen LogP contribution in [0.5, 0.6) is 0 Å². The third-order valence-corrected chi connectivity index (χ3v) is 3.66. The van der Waals surface area contributed by atoms with Gasteiger partial charge in [-0.2, -0.15) is 0 Å². The summed E-state index contributed by atoms with van der Waals surface area (Å²) in [5, 5.41) is 0. The van der Waals surface area contributed by atoms with Crippen molar-refractivity contribution < 1.29 is 0 Å². The van der Waals surface area contributed by atoms with Crippen LogP contribution in [0, 0.1) is 11.8 Å². The quantitative estimate of drug-likeness (QED) is 0.710. The Hall–Kier alpha value is -0.120. The fourth-order valence-electron chi connectivity index (χ4n) is 2.82. The lowest BCUT2D eigenvalue weighted by molar-refractivity contribution is 0.232. The number of hydrogen-bond donors (Lipinski definition) is 1. The number of likely N-dealkylation sites (tertiary alicyclic amines) is 1. The van der Waals surface area contributed by atoms with E-state index in [4.69, 9.17) is 5.73 Å². The lowest BCUT2D eigenvalue weighted by atomic mass is 10.0. The molecule has 0 spiro atoms. The maximum absolute atomic E-state index is 5.80. The molecule has 1 heterocycles. The first-order valence-corrected chi connectivity index (χ1v) is 6.72. The van der Waals surface area contributed by atoms with Gasteiger partial charge in [-0.15, -0.1) is 0 Å². The average molecular weight is 227 g/mol. The number of nitrogens with zero attached hydrogens (tertiary/aromatic N) is 2. The van der Waals surface area contributed by atoms with Gasteiger partial charge in [0.1, 0.15) is 0 Å². The molecule has 0 aliphatic carbocycles. The molecule has 3 heteroatoms. The molecule has 0 saturated carbocycles. The van der Waals surface area contributed by atoms with Gasteiger partial charge in [0.25, 0.3) is 0 Å². The lowest BCUT2D eigenvalue weighted by Gasteiger charge is -2.25. The highest BCUT2D eigenvalue weighted by Crippen LogP contribution is 2.16. The smallest absolute Gasteiger partial charge is 0.00194 e. The van der Waals surface area contributed by atoms with Gasteiger partial charge in [0.15, 0.2) is 0 Å². The molecule has 2 N–H and O–H groups in total. The molecule has 1 aliphatic heterocycles. The molecule has 0 bridgehead atoms. The Balaban J connectivity index is 2.21. The number of rotatable bonds is 7. The van der Waals surface area contributed by atoms with E-state index in [-0.39, 0.29) is 0 Å². The Morgan fingerprint density at radius 1 is 1.50 bits per heavy atom. The molecule has 2 atom stereocenters. The Bertz CT molecular complexity index is 178. The molecule has 0 aromatic rings. The van der Waals surface area contributed by atoms with E-state index in [1.54, 1.807) is 0 Å². The fraction of sp³-hybridized carbons (Fsp3) is 1.00. The zero-order valence-corrected chi connectivity index (χ0v) is 11.3. The molecule has 1 saturated heterocycles. The third-order valence-electron chi connectivity index (χ3n) is 3.66. The summed E-state index contributed by atoms with van der Waals surface area (Å²) in [5.74, 6) is 1.56. The van der Waals surface area contributed by atoms with Crippen molar-refractivity contribution >= 4 is 0 Å². The first-order valence-electron chi connectivity index (χ1n) is 6.72. The van der Waals surface area contributed by atoms with Crippen LogP contribution in [0.4, 0.5) is 0 Å². The summed E-state index contributed by atoms with van der Waals surface area (Å²) in [6, 6.07) is 0. The third kappa shape index (κ3) is 4.81. The van der Waals surface area contributed by atoms with Gasteiger partial charge in [-0.3, -0.25) is 0 Å². The summed E-state index contributed by atoms with van der Waals surface area (Å²) in [6.45, 7) is 8.03. The molecular weight excluding hydrogens is 198 g/mol. The Kier molecular flexibility index (Phi) is 6.32. The normalized spacial score (nSPS) is 24.2. The second-order valence-corrected chi connectivity index (χ2v) is 5.53. The van der Waals surface area contributed by atoms with Crippen LogP contribution in [0.15, 0.2) is 0 Å². The highest BCUT2D eigenvalue weighted by atomic mass is 15.1. The molecule has 16 heavy (non-hydrogen) atoms. The minimum Gasteiger partial charge on any atom is -0.330 e. The molecule has 0 aromatic heterocycles. The van der Waals surface area contributed by atoms with E-state index < -0.39 is 0 Å². The minimum absolute atomic E-state index is 0.689. The van der Waals surface area contributed by atoms with Gasteiger partial charge in [0.05, 0.1) is 0 Å². The summed E-state index contributed by atoms with van der Waals surface area (Å²) >= 11 is 0. The van der Waals surface area contributed by atoms with Crippen molar-refractivity contribution in [1.29, 1.82) is 0 Å². The van der Waals surface area contributed by atoms with Gasteiger partial charge in [0.2, 0.25) is 0 Å². The van der Waals surface area contributed by atoms with Crippen molar-refractivity contribution in [3.8, 4) is 0 Å². The summed E-state index contributed by atoms with van der Waals surface area (Å²) in [7, 11) is 4.47. The van der Waals surface area contributed by atoms with E-state index >= 15 is 0 Å². The van der Waals surface area contributed by atoms with Crippen molar-refractivity contribution in [2.75, 3.05) is 46.8 Å². The molecule has 96 valence electrons. The van der Waals surface area contributed by atoms with Crippen LogP contribution in [0.1, 0.15) is 26.2 Å². The van der Waals surface area contributed by atoms with E-state index in [2.05, 4.69) is 30.8 Å². The number of hydrogen-bond acceptors (Lipinski definition) is 3. The molecular formula is C13H29N3. The summed E-state index contributed by atoms with van der Waals surface area (Å²) in [6.07, 6.45) is 3.88. The van der Waals surface area contributed by atoms with Crippen molar-refractivity contribution in [3.05, 3.63) is 0 Å². The van der Waals surface area contributed by atoms with E-state index in [9.17, 15) is 0 Å². The second kappa shape index (κ2) is 7.25. The van der Waals surface area contributed by atoms with Crippen LogP contribution in [0.2, 0.25) is 0 Å². The van der Waals surface area contributed by atoms with Crippen molar-refractivity contribution in [2.24, 2.45) is 17.6 Å². The first-order chi connectivity index (χ1) is 7.65. The predicted octanol–water partition coefficient (Wildman–Crippen LogP) is 1.24. The van der Waals surface area contributed by atoms with Gasteiger partial charge < -0.3 is 15.5 Å². The van der Waals surface area contributed by atoms with E-state index in [1.165, 1.54) is 45.4 Å². The standard InChI is InChI=1S/C13H29N3/c1-4-5-12(8-14)9-16(3)11-13-6-7-15(2)10-13/h12-13H,4-11,14H2,1-3H3. The molecule has 2 unspecified atom stereocenters. The summed E-state index contributed by atoms with van der Waals surface area (Å²) in [4.78, 5) is 4.92. The fourth-order valence-corrected chi connectivity index (χ4v) is 2.82. The molecule has 1 aliphatic rings. The van der Waals surface area contributed by atoms with E-state index in [0.717, 1.165) is 12.5 Å². The largest absolute Gasteiger partial charge is 0.330 e. The van der Waals surface area contributed by atoms with Gasteiger partial charge in [-0.05, 0) is 51.9 Å². The van der Waals surface area contributed by atoms with Crippen LogP contribution < -0.4 is 5.73 Å². The van der Waals surface area contributed by atoms with Gasteiger partial charge in [0, 0.05) is 19.6 Å². The maximum Gasteiger partial charge on any atom is 0.00194 e. The average Bonchev–Trinajstić information content (AvgIpc) is 2.63. The van der Waals surface area contributed by atoms with Crippen LogP contribution in [0.3, 0.4) is 0 Å².